The molecule has 5 heteroatoms. The summed E-state index contributed by atoms with van der Waals surface area (Å²) < 4.78 is 5.75. The van der Waals surface area contributed by atoms with Crippen LogP contribution in [-0.4, -0.2) is 37.0 Å². The number of carbonyl (C=O) groups excluding carboxylic acids is 1. The van der Waals surface area contributed by atoms with Gasteiger partial charge >= 0.3 is 0 Å². The average molecular weight is 341 g/mol. The number of nitrogens with two attached hydrogens (primary N) is 1. The zero-order valence-electron chi connectivity index (χ0n) is 15.2. The van der Waals surface area contributed by atoms with Crippen LogP contribution in [0.15, 0.2) is 42.5 Å². The van der Waals surface area contributed by atoms with Gasteiger partial charge in [-0.05, 0) is 62.0 Å². The van der Waals surface area contributed by atoms with Gasteiger partial charge in [-0.15, -0.1) is 0 Å². The van der Waals surface area contributed by atoms with E-state index in [0.717, 1.165) is 36.6 Å². The number of nitrogens with zero attached hydrogens (tertiary/aromatic N) is 1. The molecule has 134 valence electrons. The van der Waals surface area contributed by atoms with Gasteiger partial charge in [0.25, 0.3) is 5.91 Å². The Morgan fingerprint density at radius 3 is 2.44 bits per heavy atom. The Labute approximate surface area is 149 Å². The van der Waals surface area contributed by atoms with Crippen molar-refractivity contribution in [1.29, 1.82) is 0 Å². The summed E-state index contributed by atoms with van der Waals surface area (Å²) in [5.74, 6) is 0.630. The van der Waals surface area contributed by atoms with Crippen molar-refractivity contribution in [2.75, 3.05) is 37.3 Å². The van der Waals surface area contributed by atoms with E-state index >= 15 is 0 Å². The summed E-state index contributed by atoms with van der Waals surface area (Å²) in [6.45, 7) is 9.77. The van der Waals surface area contributed by atoms with Gasteiger partial charge in [-0.3, -0.25) is 4.79 Å². The number of nitrogens with one attached hydrogen (secondary N) is 1. The van der Waals surface area contributed by atoms with Gasteiger partial charge in [0.05, 0.1) is 0 Å². The van der Waals surface area contributed by atoms with E-state index in [1.165, 1.54) is 0 Å². The quantitative estimate of drug-likeness (QED) is 0.721. The Bertz CT molecular complexity index is 695. The number of ether oxygens (including phenoxy) is 1. The highest BCUT2D eigenvalue weighted by Crippen LogP contribution is 2.18. The first-order valence-corrected chi connectivity index (χ1v) is 8.66. The van der Waals surface area contributed by atoms with Gasteiger partial charge in [0, 0.05) is 23.5 Å². The van der Waals surface area contributed by atoms with Crippen LogP contribution >= 0.6 is 0 Å². The minimum absolute atomic E-state index is 0.167. The fraction of sp³-hybridized carbons (Fsp3) is 0.350. The number of nitrogen functional groups attached to an aromatic ring is 1. The van der Waals surface area contributed by atoms with E-state index in [0.29, 0.717) is 17.9 Å². The van der Waals surface area contributed by atoms with Crippen LogP contribution in [-0.2, 0) is 0 Å². The van der Waals surface area contributed by atoms with Crippen LogP contribution in [0.25, 0.3) is 0 Å². The third-order valence-electron chi connectivity index (χ3n) is 4.19. The predicted octanol–water partition coefficient (Wildman–Crippen LogP) is 3.55. The van der Waals surface area contributed by atoms with E-state index in [2.05, 4.69) is 24.1 Å². The van der Waals surface area contributed by atoms with E-state index in [1.807, 2.05) is 37.3 Å². The largest absolute Gasteiger partial charge is 0.492 e. The zero-order valence-corrected chi connectivity index (χ0v) is 15.2. The molecular weight excluding hydrogens is 314 g/mol. The van der Waals surface area contributed by atoms with E-state index in [4.69, 9.17) is 10.5 Å². The third kappa shape index (κ3) is 5.50. The van der Waals surface area contributed by atoms with Crippen molar-refractivity contribution in [3.63, 3.8) is 0 Å². The van der Waals surface area contributed by atoms with Gasteiger partial charge in [0.15, 0.2) is 0 Å². The Hall–Kier alpha value is -2.53. The lowest BCUT2D eigenvalue weighted by Crippen LogP contribution is -2.27. The molecule has 0 atom stereocenters. The fourth-order valence-electron chi connectivity index (χ4n) is 2.55. The van der Waals surface area contributed by atoms with Crippen molar-refractivity contribution in [1.82, 2.24) is 4.90 Å². The number of hydrogen-bond acceptors (Lipinski definition) is 4. The summed E-state index contributed by atoms with van der Waals surface area (Å²) >= 11 is 0. The molecule has 0 heterocycles. The lowest BCUT2D eigenvalue weighted by atomic mass is 10.1. The van der Waals surface area contributed by atoms with Crippen molar-refractivity contribution in [2.45, 2.75) is 20.8 Å². The van der Waals surface area contributed by atoms with Gasteiger partial charge < -0.3 is 20.7 Å². The van der Waals surface area contributed by atoms with Crippen LogP contribution in [0.2, 0.25) is 0 Å². The normalized spacial score (nSPS) is 10.7. The number of aryl methyl sites for hydroxylation is 1. The van der Waals surface area contributed by atoms with Gasteiger partial charge in [-0.25, -0.2) is 0 Å². The maximum atomic E-state index is 12.4. The molecule has 2 aromatic carbocycles. The number of rotatable bonds is 8. The van der Waals surface area contributed by atoms with E-state index in [-0.39, 0.29) is 5.91 Å². The van der Waals surface area contributed by atoms with Crippen LogP contribution in [0, 0.1) is 6.92 Å². The molecule has 2 aromatic rings. The van der Waals surface area contributed by atoms with Crippen molar-refractivity contribution in [3.8, 4) is 5.75 Å². The summed E-state index contributed by atoms with van der Waals surface area (Å²) in [5.41, 5.74) is 8.54. The summed E-state index contributed by atoms with van der Waals surface area (Å²) in [4.78, 5) is 14.7. The highest BCUT2D eigenvalue weighted by atomic mass is 16.5. The number of anilines is 2. The molecule has 0 unspecified atom stereocenters. The first kappa shape index (κ1) is 18.8. The lowest BCUT2D eigenvalue weighted by molar-refractivity contribution is 0.102. The number of hydrogen-bond donors (Lipinski definition) is 2. The van der Waals surface area contributed by atoms with E-state index < -0.39 is 0 Å². The minimum atomic E-state index is -0.167. The Balaban J connectivity index is 1.91. The summed E-state index contributed by atoms with van der Waals surface area (Å²) in [5, 5.41) is 2.89. The van der Waals surface area contributed by atoms with Gasteiger partial charge in [-0.1, -0.05) is 19.9 Å². The van der Waals surface area contributed by atoms with Crippen molar-refractivity contribution >= 4 is 17.3 Å². The highest BCUT2D eigenvalue weighted by Gasteiger charge is 2.10. The number of benzene rings is 2. The predicted molar refractivity (Wildman–Crippen MR) is 103 cm³/mol. The van der Waals surface area contributed by atoms with Crippen LogP contribution < -0.4 is 15.8 Å². The number of carbonyl (C=O) groups is 1. The smallest absolute Gasteiger partial charge is 0.256 e. The summed E-state index contributed by atoms with van der Waals surface area (Å²) in [6, 6.07) is 12.7. The standard InChI is InChI=1S/C20H27N3O2/c1-4-23(5-2)12-13-25-18-10-8-17(9-11-18)22-20(24)19-14-16(21)7-6-15(19)3/h6-11,14H,4-5,12-13,21H2,1-3H3,(H,22,24). The monoisotopic (exact) mass is 341 g/mol. The molecule has 25 heavy (non-hydrogen) atoms. The van der Waals surface area contributed by atoms with Gasteiger partial charge in [-0.2, -0.15) is 0 Å². The Morgan fingerprint density at radius 1 is 1.12 bits per heavy atom. The number of amides is 1. The molecule has 0 aliphatic rings. The van der Waals surface area contributed by atoms with Crippen LogP contribution in [0.1, 0.15) is 29.8 Å². The molecule has 0 spiro atoms. The van der Waals surface area contributed by atoms with Gasteiger partial charge in [0.2, 0.25) is 0 Å². The first-order chi connectivity index (χ1) is 12.0. The van der Waals surface area contributed by atoms with Crippen molar-refractivity contribution < 1.29 is 9.53 Å². The zero-order chi connectivity index (χ0) is 18.2. The van der Waals surface area contributed by atoms with Crippen molar-refractivity contribution in [3.05, 3.63) is 53.6 Å². The molecule has 3 N–H and O–H groups in total. The highest BCUT2D eigenvalue weighted by molar-refractivity contribution is 6.05. The SMILES string of the molecule is CCN(CC)CCOc1ccc(NC(=O)c2cc(N)ccc2C)cc1. The second-order valence-electron chi connectivity index (χ2n) is 5.93. The Morgan fingerprint density at radius 2 is 1.80 bits per heavy atom. The maximum Gasteiger partial charge on any atom is 0.256 e. The molecule has 0 aliphatic carbocycles. The molecule has 5 nitrogen and oxygen atoms in total. The molecule has 0 saturated heterocycles. The van der Waals surface area contributed by atoms with Crippen LogP contribution in [0.4, 0.5) is 11.4 Å². The average Bonchev–Trinajstić information content (AvgIpc) is 2.62. The topological polar surface area (TPSA) is 67.6 Å². The van der Waals surface area contributed by atoms with Gasteiger partial charge in [0.1, 0.15) is 12.4 Å². The summed E-state index contributed by atoms with van der Waals surface area (Å²) in [6.07, 6.45) is 0. The molecule has 0 aliphatic heterocycles. The maximum absolute atomic E-state index is 12.4. The third-order valence-corrected chi connectivity index (χ3v) is 4.19. The van der Waals surface area contributed by atoms with Crippen LogP contribution in [0.3, 0.4) is 0 Å². The number of likely N-dealkylation sites (N-methyl/N-ethyl adjacent to an activating group) is 1. The molecule has 0 radical (unpaired) electrons. The molecule has 1 amide bonds. The molecule has 0 saturated carbocycles. The second kappa shape index (κ2) is 9.08. The first-order valence-electron chi connectivity index (χ1n) is 8.66. The van der Waals surface area contributed by atoms with Crippen LogP contribution in [0.5, 0.6) is 5.75 Å². The minimum Gasteiger partial charge on any atom is -0.492 e. The summed E-state index contributed by atoms with van der Waals surface area (Å²) in [7, 11) is 0. The van der Waals surface area contributed by atoms with Crippen molar-refractivity contribution in [2.24, 2.45) is 0 Å². The lowest BCUT2D eigenvalue weighted by Gasteiger charge is -2.18. The van der Waals surface area contributed by atoms with E-state index in [9.17, 15) is 4.79 Å². The second-order valence-corrected chi connectivity index (χ2v) is 5.93. The fourth-order valence-corrected chi connectivity index (χ4v) is 2.55. The molecule has 2 rings (SSSR count). The molecule has 0 aromatic heterocycles. The van der Waals surface area contributed by atoms with E-state index in [1.54, 1.807) is 12.1 Å². The molecule has 0 bridgehead atoms. The molecule has 0 fully saturated rings. The Kier molecular flexibility index (Phi) is 6.83. The molecular formula is C20H27N3O2.